The molecule has 2 aliphatic rings. The summed E-state index contributed by atoms with van der Waals surface area (Å²) in [6, 6.07) is 22.6. The molecule has 1 amide bonds. The zero-order chi connectivity index (χ0) is 22.8. The van der Waals surface area contributed by atoms with Crippen LogP contribution in [0.1, 0.15) is 41.1 Å². The fourth-order valence-corrected chi connectivity index (χ4v) is 5.17. The van der Waals surface area contributed by atoms with Crippen molar-refractivity contribution in [3.8, 4) is 0 Å². The summed E-state index contributed by atoms with van der Waals surface area (Å²) in [6.07, 6.45) is 1.59. The number of halogens is 2. The van der Waals surface area contributed by atoms with Gasteiger partial charge in [0.05, 0.1) is 29.8 Å². The van der Waals surface area contributed by atoms with Crippen LogP contribution < -0.4 is 5.32 Å². The molecule has 1 saturated heterocycles. The van der Waals surface area contributed by atoms with Gasteiger partial charge >= 0.3 is 0 Å². The molecule has 0 bridgehead atoms. The van der Waals surface area contributed by atoms with Crippen molar-refractivity contribution in [2.75, 3.05) is 19.6 Å². The van der Waals surface area contributed by atoms with Crippen LogP contribution in [0.15, 0.2) is 72.8 Å². The Kier molecular flexibility index (Phi) is 6.19. The van der Waals surface area contributed by atoms with Gasteiger partial charge in [-0.3, -0.25) is 10.1 Å². The quantitative estimate of drug-likeness (QED) is 0.563. The number of amides is 1. The van der Waals surface area contributed by atoms with Gasteiger partial charge in [0.2, 0.25) is 5.91 Å². The van der Waals surface area contributed by atoms with Gasteiger partial charge in [-0.1, -0.05) is 72.3 Å². The molecule has 3 aromatic carbocycles. The molecule has 2 heterocycles. The first-order chi connectivity index (χ1) is 16.1. The summed E-state index contributed by atoms with van der Waals surface area (Å²) in [5.74, 6) is -0.411. The summed E-state index contributed by atoms with van der Waals surface area (Å²) in [6.45, 7) is 2.14. The van der Waals surface area contributed by atoms with Crippen LogP contribution in [0.4, 0.5) is 4.39 Å². The van der Waals surface area contributed by atoms with Crippen LogP contribution in [0.2, 0.25) is 5.02 Å². The SMILES string of the molecule is O=C(CNC(c1ccccc1)c1ccc(F)c(Cl)c1)N1CCC2(CC1)OCc1ccccc12. The van der Waals surface area contributed by atoms with Gasteiger partial charge in [-0.05, 0) is 47.2 Å². The van der Waals surface area contributed by atoms with Crippen molar-refractivity contribution in [2.45, 2.75) is 31.1 Å². The van der Waals surface area contributed by atoms with E-state index in [2.05, 4.69) is 23.5 Å². The molecule has 4 nitrogen and oxygen atoms in total. The molecule has 1 fully saturated rings. The van der Waals surface area contributed by atoms with Gasteiger partial charge in [-0.25, -0.2) is 4.39 Å². The third-order valence-electron chi connectivity index (χ3n) is 6.80. The fourth-order valence-electron chi connectivity index (χ4n) is 4.98. The molecular weight excluding hydrogens is 439 g/mol. The van der Waals surface area contributed by atoms with E-state index in [1.165, 1.54) is 17.2 Å². The van der Waals surface area contributed by atoms with Crippen LogP contribution in [0.5, 0.6) is 0 Å². The number of benzene rings is 3. The van der Waals surface area contributed by atoms with Gasteiger partial charge in [0.25, 0.3) is 0 Å². The highest BCUT2D eigenvalue weighted by atomic mass is 35.5. The summed E-state index contributed by atoms with van der Waals surface area (Å²) in [5.41, 5.74) is 4.06. The maximum Gasteiger partial charge on any atom is 0.236 e. The number of nitrogens with one attached hydrogen (secondary N) is 1. The fraction of sp³-hybridized carbons (Fsp3) is 0.296. The molecule has 2 aliphatic heterocycles. The molecule has 3 aromatic rings. The van der Waals surface area contributed by atoms with E-state index in [9.17, 15) is 9.18 Å². The summed E-state index contributed by atoms with van der Waals surface area (Å²) in [5, 5.41) is 3.44. The zero-order valence-electron chi connectivity index (χ0n) is 18.3. The van der Waals surface area contributed by atoms with Crippen molar-refractivity contribution >= 4 is 17.5 Å². The van der Waals surface area contributed by atoms with Crippen LogP contribution in [0, 0.1) is 5.82 Å². The Hall–Kier alpha value is -2.73. The van der Waals surface area contributed by atoms with Crippen molar-refractivity contribution < 1.29 is 13.9 Å². The summed E-state index contributed by atoms with van der Waals surface area (Å²) >= 11 is 6.04. The Bertz CT molecular complexity index is 1150. The Morgan fingerprint density at radius 3 is 2.52 bits per heavy atom. The molecule has 5 rings (SSSR count). The second-order valence-electron chi connectivity index (χ2n) is 8.72. The number of fused-ring (bicyclic) bond motifs is 2. The van der Waals surface area contributed by atoms with Crippen molar-refractivity contribution in [3.63, 3.8) is 0 Å². The Morgan fingerprint density at radius 2 is 1.76 bits per heavy atom. The number of carbonyl (C=O) groups is 1. The van der Waals surface area contributed by atoms with Gasteiger partial charge in [0, 0.05) is 13.1 Å². The molecule has 1 atom stereocenters. The number of rotatable bonds is 5. The first-order valence-electron chi connectivity index (χ1n) is 11.3. The van der Waals surface area contributed by atoms with Crippen molar-refractivity contribution in [1.29, 1.82) is 0 Å². The minimum absolute atomic E-state index is 0.0465. The number of hydrogen-bond acceptors (Lipinski definition) is 3. The third kappa shape index (κ3) is 4.41. The van der Waals surface area contributed by atoms with E-state index in [-0.39, 0.29) is 29.1 Å². The number of carbonyl (C=O) groups excluding carboxylic acids is 1. The topological polar surface area (TPSA) is 41.6 Å². The molecule has 0 radical (unpaired) electrons. The number of hydrogen-bond donors (Lipinski definition) is 1. The smallest absolute Gasteiger partial charge is 0.236 e. The van der Waals surface area contributed by atoms with Gasteiger partial charge in [0.15, 0.2) is 0 Å². The average Bonchev–Trinajstić information content (AvgIpc) is 3.20. The van der Waals surface area contributed by atoms with E-state index < -0.39 is 5.82 Å². The molecule has 1 unspecified atom stereocenters. The van der Waals surface area contributed by atoms with E-state index in [4.69, 9.17) is 16.3 Å². The van der Waals surface area contributed by atoms with E-state index in [0.717, 1.165) is 24.0 Å². The third-order valence-corrected chi connectivity index (χ3v) is 7.09. The molecule has 0 saturated carbocycles. The van der Waals surface area contributed by atoms with Crippen LogP contribution in [-0.4, -0.2) is 30.4 Å². The highest BCUT2D eigenvalue weighted by Gasteiger charge is 2.43. The Balaban J connectivity index is 1.26. The van der Waals surface area contributed by atoms with Gasteiger partial charge in [0.1, 0.15) is 5.82 Å². The van der Waals surface area contributed by atoms with Crippen molar-refractivity contribution in [2.24, 2.45) is 0 Å². The van der Waals surface area contributed by atoms with Gasteiger partial charge in [-0.15, -0.1) is 0 Å². The van der Waals surface area contributed by atoms with E-state index in [1.807, 2.05) is 41.3 Å². The van der Waals surface area contributed by atoms with Crippen molar-refractivity contribution in [3.05, 3.63) is 106 Å². The lowest BCUT2D eigenvalue weighted by atomic mass is 9.84. The second-order valence-corrected chi connectivity index (χ2v) is 9.13. The normalized spacial score (nSPS) is 17.7. The summed E-state index contributed by atoms with van der Waals surface area (Å²) in [4.78, 5) is 15.0. The molecule has 170 valence electrons. The lowest BCUT2D eigenvalue weighted by molar-refractivity contribution is -0.137. The van der Waals surface area contributed by atoms with Gasteiger partial charge < -0.3 is 9.64 Å². The highest BCUT2D eigenvalue weighted by molar-refractivity contribution is 6.30. The minimum atomic E-state index is -0.457. The maximum absolute atomic E-state index is 13.7. The number of ether oxygens (including phenoxy) is 1. The molecule has 1 N–H and O–H groups in total. The first kappa shape index (κ1) is 22.1. The Labute approximate surface area is 198 Å². The number of piperidine rings is 1. The Morgan fingerprint density at radius 1 is 1.03 bits per heavy atom. The van der Waals surface area contributed by atoms with Crippen LogP contribution in [-0.2, 0) is 21.7 Å². The number of nitrogens with zero attached hydrogens (tertiary/aromatic N) is 1. The standard InChI is InChI=1S/C27H26ClFN2O2/c28-23-16-20(10-11-24(23)29)26(19-6-2-1-3-7-19)30-17-25(32)31-14-12-27(13-15-31)22-9-5-4-8-21(22)18-33-27/h1-11,16,26,30H,12-15,17-18H2. The monoisotopic (exact) mass is 464 g/mol. The minimum Gasteiger partial charge on any atom is -0.365 e. The summed E-state index contributed by atoms with van der Waals surface area (Å²) in [7, 11) is 0. The predicted molar refractivity (Wildman–Crippen MR) is 126 cm³/mol. The van der Waals surface area contributed by atoms with Crippen molar-refractivity contribution in [1.82, 2.24) is 10.2 Å². The van der Waals surface area contributed by atoms with Crippen LogP contribution >= 0.6 is 11.6 Å². The lowest BCUT2D eigenvalue weighted by Crippen LogP contribution is -2.48. The van der Waals surface area contributed by atoms with E-state index in [0.29, 0.717) is 19.7 Å². The molecule has 0 aliphatic carbocycles. The second kappa shape index (κ2) is 9.26. The van der Waals surface area contributed by atoms with Crippen LogP contribution in [0.3, 0.4) is 0 Å². The average molecular weight is 465 g/mol. The van der Waals surface area contributed by atoms with E-state index in [1.54, 1.807) is 12.1 Å². The van der Waals surface area contributed by atoms with E-state index >= 15 is 0 Å². The molecule has 33 heavy (non-hydrogen) atoms. The molecule has 1 spiro atoms. The first-order valence-corrected chi connectivity index (χ1v) is 11.7. The summed E-state index contributed by atoms with van der Waals surface area (Å²) < 4.78 is 19.9. The maximum atomic E-state index is 13.7. The molecule has 6 heteroatoms. The largest absolute Gasteiger partial charge is 0.365 e. The highest BCUT2D eigenvalue weighted by Crippen LogP contribution is 2.44. The zero-order valence-corrected chi connectivity index (χ0v) is 19.0. The predicted octanol–water partition coefficient (Wildman–Crippen LogP) is 5.21. The number of likely N-dealkylation sites (tertiary alicyclic amines) is 1. The van der Waals surface area contributed by atoms with Gasteiger partial charge in [-0.2, -0.15) is 0 Å². The molecule has 0 aromatic heterocycles. The lowest BCUT2D eigenvalue weighted by Gasteiger charge is -2.39. The van der Waals surface area contributed by atoms with Crippen LogP contribution in [0.25, 0.3) is 0 Å². The molecular formula is C27H26ClFN2O2.